The van der Waals surface area contributed by atoms with Crippen LogP contribution in [0, 0.1) is 6.92 Å². The summed E-state index contributed by atoms with van der Waals surface area (Å²) in [6.45, 7) is 6.96. The second kappa shape index (κ2) is 6.66. The van der Waals surface area contributed by atoms with Crippen LogP contribution in [-0.2, 0) is 11.2 Å². The third-order valence-corrected chi connectivity index (χ3v) is 2.52. The first-order valence-corrected chi connectivity index (χ1v) is 6.00. The number of hydrogen-bond acceptors (Lipinski definition) is 2. The fourth-order valence-electron chi connectivity index (χ4n) is 1.70. The maximum absolute atomic E-state index is 6.06. The van der Waals surface area contributed by atoms with Crippen LogP contribution in [0.4, 0.5) is 0 Å². The van der Waals surface area contributed by atoms with Crippen molar-refractivity contribution in [2.24, 2.45) is 5.73 Å². The summed E-state index contributed by atoms with van der Waals surface area (Å²) in [5.74, 6) is 0. The molecule has 0 bridgehead atoms. The Balaban J connectivity index is 2.31. The third-order valence-electron chi connectivity index (χ3n) is 2.52. The SMILES string of the molecule is Cc1cccc(CC(N)CCOC(C)C)c1. The van der Waals surface area contributed by atoms with Gasteiger partial charge in [-0.05, 0) is 39.2 Å². The number of nitrogens with two attached hydrogens (primary N) is 1. The van der Waals surface area contributed by atoms with Crippen molar-refractivity contribution in [2.45, 2.75) is 45.8 Å². The van der Waals surface area contributed by atoms with Crippen LogP contribution in [0.2, 0.25) is 0 Å². The van der Waals surface area contributed by atoms with Crippen LogP contribution in [0.15, 0.2) is 24.3 Å². The molecule has 0 aliphatic heterocycles. The second-order valence-corrected chi connectivity index (χ2v) is 4.66. The summed E-state index contributed by atoms with van der Waals surface area (Å²) in [4.78, 5) is 0. The number of rotatable bonds is 6. The van der Waals surface area contributed by atoms with Crippen molar-refractivity contribution in [1.29, 1.82) is 0 Å². The molecule has 2 N–H and O–H groups in total. The van der Waals surface area contributed by atoms with Crippen LogP contribution in [0.1, 0.15) is 31.4 Å². The van der Waals surface area contributed by atoms with Crippen LogP contribution < -0.4 is 5.73 Å². The van der Waals surface area contributed by atoms with E-state index in [9.17, 15) is 0 Å². The quantitative estimate of drug-likeness (QED) is 0.801. The van der Waals surface area contributed by atoms with Gasteiger partial charge in [0, 0.05) is 12.6 Å². The molecule has 0 aliphatic rings. The monoisotopic (exact) mass is 221 g/mol. The van der Waals surface area contributed by atoms with Gasteiger partial charge in [-0.1, -0.05) is 29.8 Å². The van der Waals surface area contributed by atoms with Crippen molar-refractivity contribution in [3.05, 3.63) is 35.4 Å². The number of aryl methyl sites for hydroxylation is 1. The first-order valence-electron chi connectivity index (χ1n) is 6.00. The fourth-order valence-corrected chi connectivity index (χ4v) is 1.70. The molecule has 90 valence electrons. The van der Waals surface area contributed by atoms with Gasteiger partial charge in [-0.25, -0.2) is 0 Å². The molecule has 1 aromatic rings. The fraction of sp³-hybridized carbons (Fsp3) is 0.571. The predicted octanol–water partition coefficient (Wildman–Crippen LogP) is 2.68. The van der Waals surface area contributed by atoms with Crippen molar-refractivity contribution in [3.8, 4) is 0 Å². The standard InChI is InChI=1S/C14H23NO/c1-11(2)16-8-7-14(15)10-13-6-4-5-12(3)9-13/h4-6,9,11,14H,7-8,10,15H2,1-3H3. The highest BCUT2D eigenvalue weighted by atomic mass is 16.5. The number of hydrogen-bond donors (Lipinski definition) is 1. The van der Waals surface area contributed by atoms with Crippen molar-refractivity contribution >= 4 is 0 Å². The minimum atomic E-state index is 0.195. The summed E-state index contributed by atoms with van der Waals surface area (Å²) < 4.78 is 5.49. The van der Waals surface area contributed by atoms with Gasteiger partial charge in [0.1, 0.15) is 0 Å². The summed E-state index contributed by atoms with van der Waals surface area (Å²) >= 11 is 0. The average Bonchev–Trinajstić information content (AvgIpc) is 2.16. The van der Waals surface area contributed by atoms with E-state index in [1.807, 2.05) is 13.8 Å². The van der Waals surface area contributed by atoms with Crippen molar-refractivity contribution in [2.75, 3.05) is 6.61 Å². The molecule has 1 atom stereocenters. The van der Waals surface area contributed by atoms with E-state index in [1.54, 1.807) is 0 Å². The molecule has 0 saturated heterocycles. The Kier molecular flexibility index (Phi) is 5.50. The normalized spacial score (nSPS) is 13.1. The minimum Gasteiger partial charge on any atom is -0.379 e. The smallest absolute Gasteiger partial charge is 0.0518 e. The van der Waals surface area contributed by atoms with Gasteiger partial charge in [-0.2, -0.15) is 0 Å². The van der Waals surface area contributed by atoms with Crippen molar-refractivity contribution < 1.29 is 4.74 Å². The number of ether oxygens (including phenoxy) is 1. The lowest BCUT2D eigenvalue weighted by Gasteiger charge is -2.13. The van der Waals surface area contributed by atoms with E-state index in [4.69, 9.17) is 10.5 Å². The summed E-state index contributed by atoms with van der Waals surface area (Å²) in [5, 5.41) is 0. The van der Waals surface area contributed by atoms with Crippen molar-refractivity contribution in [3.63, 3.8) is 0 Å². The first-order chi connectivity index (χ1) is 7.58. The molecule has 1 aromatic carbocycles. The third kappa shape index (κ3) is 5.29. The van der Waals surface area contributed by atoms with Gasteiger partial charge in [-0.3, -0.25) is 0 Å². The molecule has 1 unspecified atom stereocenters. The van der Waals surface area contributed by atoms with Gasteiger partial charge < -0.3 is 10.5 Å². The molecule has 0 heterocycles. The Bertz CT molecular complexity index is 309. The van der Waals surface area contributed by atoms with Crippen LogP contribution in [0.3, 0.4) is 0 Å². The van der Waals surface area contributed by atoms with Gasteiger partial charge in [0.2, 0.25) is 0 Å². The highest BCUT2D eigenvalue weighted by Gasteiger charge is 2.05. The number of benzene rings is 1. The molecule has 1 rings (SSSR count). The summed E-state index contributed by atoms with van der Waals surface area (Å²) in [6.07, 6.45) is 2.15. The molecule has 0 spiro atoms. The van der Waals surface area contributed by atoms with Crippen LogP contribution >= 0.6 is 0 Å². The van der Waals surface area contributed by atoms with Crippen LogP contribution in [0.25, 0.3) is 0 Å². The largest absolute Gasteiger partial charge is 0.379 e. The van der Waals surface area contributed by atoms with E-state index in [0.717, 1.165) is 19.4 Å². The highest BCUT2D eigenvalue weighted by Crippen LogP contribution is 2.07. The Morgan fingerprint density at radius 3 is 2.69 bits per heavy atom. The Morgan fingerprint density at radius 1 is 1.31 bits per heavy atom. The lowest BCUT2D eigenvalue weighted by molar-refractivity contribution is 0.0737. The van der Waals surface area contributed by atoms with E-state index < -0.39 is 0 Å². The summed E-state index contributed by atoms with van der Waals surface area (Å²) in [5.41, 5.74) is 8.67. The predicted molar refractivity (Wildman–Crippen MR) is 68.6 cm³/mol. The van der Waals surface area contributed by atoms with Gasteiger partial charge >= 0.3 is 0 Å². The average molecular weight is 221 g/mol. The molecule has 0 saturated carbocycles. The Labute approximate surface area is 98.8 Å². The molecule has 2 heteroatoms. The van der Waals surface area contributed by atoms with Crippen molar-refractivity contribution in [1.82, 2.24) is 0 Å². The minimum absolute atomic E-state index is 0.195. The van der Waals surface area contributed by atoms with Gasteiger partial charge in [-0.15, -0.1) is 0 Å². The highest BCUT2D eigenvalue weighted by molar-refractivity contribution is 5.22. The zero-order valence-electron chi connectivity index (χ0n) is 10.6. The lowest BCUT2D eigenvalue weighted by Crippen LogP contribution is -2.25. The molecule has 0 radical (unpaired) electrons. The van der Waals surface area contributed by atoms with Gasteiger partial charge in [0.05, 0.1) is 6.10 Å². The maximum Gasteiger partial charge on any atom is 0.0518 e. The molecule has 0 aliphatic carbocycles. The Hall–Kier alpha value is -0.860. The molecule has 0 fully saturated rings. The van der Waals surface area contributed by atoms with Gasteiger partial charge in [0.15, 0.2) is 0 Å². The second-order valence-electron chi connectivity index (χ2n) is 4.66. The first kappa shape index (κ1) is 13.2. The molecule has 16 heavy (non-hydrogen) atoms. The topological polar surface area (TPSA) is 35.2 Å². The van der Waals surface area contributed by atoms with E-state index in [2.05, 4.69) is 31.2 Å². The lowest BCUT2D eigenvalue weighted by atomic mass is 10.0. The zero-order chi connectivity index (χ0) is 12.0. The van der Waals surface area contributed by atoms with Crippen LogP contribution in [0.5, 0.6) is 0 Å². The van der Waals surface area contributed by atoms with E-state index in [-0.39, 0.29) is 6.04 Å². The van der Waals surface area contributed by atoms with Gasteiger partial charge in [0.25, 0.3) is 0 Å². The molecule has 0 amide bonds. The molecular weight excluding hydrogens is 198 g/mol. The maximum atomic E-state index is 6.06. The summed E-state index contributed by atoms with van der Waals surface area (Å²) in [6, 6.07) is 8.72. The molecule has 0 aromatic heterocycles. The van der Waals surface area contributed by atoms with Crippen LogP contribution in [-0.4, -0.2) is 18.8 Å². The molecule has 2 nitrogen and oxygen atoms in total. The van der Waals surface area contributed by atoms with E-state index in [0.29, 0.717) is 6.10 Å². The summed E-state index contributed by atoms with van der Waals surface area (Å²) in [7, 11) is 0. The van der Waals surface area contributed by atoms with E-state index in [1.165, 1.54) is 11.1 Å². The Morgan fingerprint density at radius 2 is 2.06 bits per heavy atom. The zero-order valence-corrected chi connectivity index (χ0v) is 10.6. The van der Waals surface area contributed by atoms with E-state index >= 15 is 0 Å². The molecular formula is C14H23NO.